The Morgan fingerprint density at radius 2 is 1.90 bits per heavy atom. The molecule has 108 valence electrons. The lowest BCUT2D eigenvalue weighted by Crippen LogP contribution is -2.39. The van der Waals surface area contributed by atoms with Crippen LogP contribution >= 0.6 is 0 Å². The average Bonchev–Trinajstić information content (AvgIpc) is 2.53. The Bertz CT molecular complexity index is 683. The number of para-hydroxylation sites is 1. The summed E-state index contributed by atoms with van der Waals surface area (Å²) < 4.78 is 0. The van der Waals surface area contributed by atoms with Gasteiger partial charge in [0.05, 0.1) is 11.1 Å². The molecule has 1 aliphatic carbocycles. The molecule has 2 aromatic rings. The topological polar surface area (TPSA) is 63.2 Å². The van der Waals surface area contributed by atoms with Gasteiger partial charge in [-0.2, -0.15) is 0 Å². The van der Waals surface area contributed by atoms with Crippen LogP contribution in [0.4, 0.5) is 0 Å². The molecule has 0 N–H and O–H groups in total. The zero-order valence-electron chi connectivity index (χ0n) is 12.0. The van der Waals surface area contributed by atoms with Crippen molar-refractivity contribution in [2.45, 2.75) is 31.7 Å². The maximum absolute atomic E-state index is 12.7. The monoisotopic (exact) mass is 283 g/mol. The molecule has 0 saturated heterocycles. The van der Waals surface area contributed by atoms with Gasteiger partial charge >= 0.3 is 0 Å². The molecule has 0 spiro atoms. The fraction of sp³-hybridized carbons (Fsp3) is 0.375. The Labute approximate surface area is 123 Å². The van der Waals surface area contributed by atoms with E-state index >= 15 is 0 Å². The number of fused-ring (bicyclic) bond motifs is 1. The van der Waals surface area contributed by atoms with E-state index in [1.165, 1.54) is 0 Å². The molecular weight excluding hydrogens is 266 g/mol. The van der Waals surface area contributed by atoms with Gasteiger partial charge in [-0.15, -0.1) is 0 Å². The summed E-state index contributed by atoms with van der Waals surface area (Å²) in [7, 11) is 1.80. The van der Waals surface area contributed by atoms with Crippen LogP contribution in [-0.2, 0) is 4.79 Å². The van der Waals surface area contributed by atoms with E-state index < -0.39 is 0 Å². The summed E-state index contributed by atoms with van der Waals surface area (Å²) in [4.78, 5) is 34.3. The number of carbonyl (C=O) groups excluding carboxylic acids is 2. The molecule has 5 nitrogen and oxygen atoms in total. The second-order valence-corrected chi connectivity index (χ2v) is 5.42. The molecule has 0 unspecified atom stereocenters. The third kappa shape index (κ3) is 2.63. The molecule has 1 amide bonds. The van der Waals surface area contributed by atoms with Crippen LogP contribution in [-0.4, -0.2) is 39.6 Å². The van der Waals surface area contributed by atoms with Gasteiger partial charge in [0, 0.05) is 38.3 Å². The van der Waals surface area contributed by atoms with Gasteiger partial charge in [0.15, 0.2) is 0 Å². The fourth-order valence-corrected chi connectivity index (χ4v) is 2.83. The highest BCUT2D eigenvalue weighted by Gasteiger charge is 2.26. The second kappa shape index (κ2) is 5.60. The van der Waals surface area contributed by atoms with E-state index in [9.17, 15) is 9.59 Å². The van der Waals surface area contributed by atoms with Gasteiger partial charge in [-0.25, -0.2) is 0 Å². The number of rotatable bonds is 2. The zero-order chi connectivity index (χ0) is 14.8. The minimum Gasteiger partial charge on any atom is -0.339 e. The summed E-state index contributed by atoms with van der Waals surface area (Å²) in [5.74, 6) is 0.239. The Balaban J connectivity index is 1.88. The highest BCUT2D eigenvalue weighted by Crippen LogP contribution is 2.23. The van der Waals surface area contributed by atoms with Crippen molar-refractivity contribution in [1.82, 2.24) is 14.9 Å². The lowest BCUT2D eigenvalue weighted by molar-refractivity contribution is -0.121. The SMILES string of the molecule is CN(C(=O)c1cccc2nccnc12)C1CCC(=O)CC1. The minimum absolute atomic E-state index is 0.0551. The van der Waals surface area contributed by atoms with E-state index in [0.717, 1.165) is 18.4 Å². The molecule has 1 saturated carbocycles. The first-order valence-corrected chi connectivity index (χ1v) is 7.15. The van der Waals surface area contributed by atoms with Crippen LogP contribution in [0.1, 0.15) is 36.0 Å². The Morgan fingerprint density at radius 3 is 2.67 bits per heavy atom. The molecule has 1 aliphatic rings. The van der Waals surface area contributed by atoms with Crippen LogP contribution < -0.4 is 0 Å². The molecule has 0 radical (unpaired) electrons. The lowest BCUT2D eigenvalue weighted by atomic mass is 9.93. The highest BCUT2D eigenvalue weighted by atomic mass is 16.2. The van der Waals surface area contributed by atoms with Crippen LogP contribution in [0, 0.1) is 0 Å². The summed E-state index contributed by atoms with van der Waals surface area (Å²) in [6.45, 7) is 0. The molecular formula is C16H17N3O2. The van der Waals surface area contributed by atoms with Crippen LogP contribution in [0.15, 0.2) is 30.6 Å². The number of nitrogens with zero attached hydrogens (tertiary/aromatic N) is 3. The number of carbonyl (C=O) groups is 2. The van der Waals surface area contributed by atoms with Gasteiger partial charge in [0.2, 0.25) is 0 Å². The molecule has 5 heteroatoms. The van der Waals surface area contributed by atoms with Crippen molar-refractivity contribution in [2.75, 3.05) is 7.05 Å². The van der Waals surface area contributed by atoms with E-state index in [2.05, 4.69) is 9.97 Å². The van der Waals surface area contributed by atoms with E-state index in [1.54, 1.807) is 30.4 Å². The minimum atomic E-state index is -0.0551. The second-order valence-electron chi connectivity index (χ2n) is 5.42. The van der Waals surface area contributed by atoms with E-state index in [0.29, 0.717) is 29.7 Å². The Morgan fingerprint density at radius 1 is 1.19 bits per heavy atom. The van der Waals surface area contributed by atoms with Crippen molar-refractivity contribution in [2.24, 2.45) is 0 Å². The highest BCUT2D eigenvalue weighted by molar-refractivity contribution is 6.04. The predicted octanol–water partition coefficient (Wildman–Crippen LogP) is 2.21. The Kier molecular flexibility index (Phi) is 3.64. The summed E-state index contributed by atoms with van der Waals surface area (Å²) in [6.07, 6.45) is 5.84. The van der Waals surface area contributed by atoms with Gasteiger partial charge in [-0.05, 0) is 25.0 Å². The molecule has 21 heavy (non-hydrogen) atoms. The molecule has 1 heterocycles. The van der Waals surface area contributed by atoms with Crippen molar-refractivity contribution in [3.8, 4) is 0 Å². The maximum Gasteiger partial charge on any atom is 0.256 e. The maximum atomic E-state index is 12.7. The third-order valence-corrected chi connectivity index (χ3v) is 4.11. The third-order valence-electron chi connectivity index (χ3n) is 4.11. The van der Waals surface area contributed by atoms with Crippen LogP contribution in [0.25, 0.3) is 11.0 Å². The zero-order valence-corrected chi connectivity index (χ0v) is 12.0. The summed E-state index contributed by atoms with van der Waals surface area (Å²) >= 11 is 0. The standard InChI is InChI=1S/C16H17N3O2/c1-19(11-5-7-12(20)8-6-11)16(21)13-3-2-4-14-15(13)18-10-9-17-14/h2-4,9-11H,5-8H2,1H3. The number of ketones is 1. The largest absolute Gasteiger partial charge is 0.339 e. The van der Waals surface area contributed by atoms with Crippen LogP contribution in [0.3, 0.4) is 0 Å². The van der Waals surface area contributed by atoms with E-state index in [1.807, 2.05) is 12.1 Å². The lowest BCUT2D eigenvalue weighted by Gasteiger charge is -2.30. The fourth-order valence-electron chi connectivity index (χ4n) is 2.83. The van der Waals surface area contributed by atoms with E-state index in [-0.39, 0.29) is 11.9 Å². The number of benzene rings is 1. The van der Waals surface area contributed by atoms with Crippen molar-refractivity contribution in [3.63, 3.8) is 0 Å². The van der Waals surface area contributed by atoms with Crippen molar-refractivity contribution < 1.29 is 9.59 Å². The number of Topliss-reactive ketones (excluding diaryl/α,β-unsaturated/α-hetero) is 1. The van der Waals surface area contributed by atoms with Gasteiger partial charge in [-0.1, -0.05) is 6.07 Å². The van der Waals surface area contributed by atoms with Crippen molar-refractivity contribution in [1.29, 1.82) is 0 Å². The molecule has 1 fully saturated rings. The molecule has 0 bridgehead atoms. The number of hydrogen-bond acceptors (Lipinski definition) is 4. The molecule has 0 atom stereocenters. The molecule has 0 aliphatic heterocycles. The predicted molar refractivity (Wildman–Crippen MR) is 78.9 cm³/mol. The van der Waals surface area contributed by atoms with Crippen molar-refractivity contribution >= 4 is 22.7 Å². The quantitative estimate of drug-likeness (QED) is 0.847. The number of hydrogen-bond donors (Lipinski definition) is 0. The van der Waals surface area contributed by atoms with Gasteiger partial charge in [0.1, 0.15) is 11.3 Å². The van der Waals surface area contributed by atoms with Crippen molar-refractivity contribution in [3.05, 3.63) is 36.2 Å². The molecule has 3 rings (SSSR count). The molecule has 1 aromatic heterocycles. The van der Waals surface area contributed by atoms with Crippen LogP contribution in [0.2, 0.25) is 0 Å². The van der Waals surface area contributed by atoms with Gasteiger partial charge in [0.25, 0.3) is 5.91 Å². The number of aromatic nitrogens is 2. The summed E-state index contributed by atoms with van der Waals surface area (Å²) in [5.41, 5.74) is 1.92. The van der Waals surface area contributed by atoms with Gasteiger partial charge < -0.3 is 4.90 Å². The summed E-state index contributed by atoms with van der Waals surface area (Å²) in [5, 5.41) is 0. The first-order valence-electron chi connectivity index (χ1n) is 7.15. The molecule has 1 aromatic carbocycles. The number of amides is 1. The Hall–Kier alpha value is -2.30. The van der Waals surface area contributed by atoms with Gasteiger partial charge in [-0.3, -0.25) is 19.6 Å². The van der Waals surface area contributed by atoms with Crippen LogP contribution in [0.5, 0.6) is 0 Å². The first kappa shape index (κ1) is 13.7. The average molecular weight is 283 g/mol. The smallest absolute Gasteiger partial charge is 0.256 e. The normalized spacial score (nSPS) is 16.1. The van der Waals surface area contributed by atoms with E-state index in [4.69, 9.17) is 0 Å². The first-order chi connectivity index (χ1) is 10.2. The summed E-state index contributed by atoms with van der Waals surface area (Å²) in [6, 6.07) is 5.58.